The molecule has 0 spiro atoms. The maximum absolute atomic E-state index is 12.4. The second-order valence-electron chi connectivity index (χ2n) is 6.22. The lowest BCUT2D eigenvalue weighted by Crippen LogP contribution is -2.49. The number of anilines is 1. The molecule has 1 fully saturated rings. The van der Waals surface area contributed by atoms with Crippen molar-refractivity contribution in [2.45, 2.75) is 6.42 Å². The van der Waals surface area contributed by atoms with Gasteiger partial charge in [0.1, 0.15) is 5.82 Å². The molecule has 27 heavy (non-hydrogen) atoms. The molecule has 142 valence electrons. The number of nitrogens with zero attached hydrogens (tertiary/aromatic N) is 3. The van der Waals surface area contributed by atoms with Gasteiger partial charge in [-0.3, -0.25) is 9.59 Å². The maximum atomic E-state index is 12.4. The fraction of sp³-hybridized carbons (Fsp3) is 0.316. The number of hydrogen-bond acceptors (Lipinski definition) is 4. The van der Waals surface area contributed by atoms with Crippen molar-refractivity contribution in [1.82, 2.24) is 15.2 Å². The Hall–Kier alpha value is -2.12. The Kier molecular flexibility index (Phi) is 6.68. The summed E-state index contributed by atoms with van der Waals surface area (Å²) in [7, 11) is 0. The Labute approximate surface area is 171 Å². The van der Waals surface area contributed by atoms with E-state index in [1.807, 2.05) is 29.2 Å². The zero-order valence-corrected chi connectivity index (χ0v) is 17.0. The summed E-state index contributed by atoms with van der Waals surface area (Å²) in [5, 5.41) is 3.40. The van der Waals surface area contributed by atoms with E-state index in [-0.39, 0.29) is 11.8 Å². The molecule has 0 atom stereocenters. The summed E-state index contributed by atoms with van der Waals surface area (Å²) >= 11 is 9.20. The van der Waals surface area contributed by atoms with Crippen LogP contribution in [0.3, 0.4) is 0 Å². The van der Waals surface area contributed by atoms with Gasteiger partial charge in [0.05, 0.1) is 5.02 Å². The van der Waals surface area contributed by atoms with Crippen LogP contribution in [0, 0.1) is 0 Å². The van der Waals surface area contributed by atoms with Crippen molar-refractivity contribution >= 4 is 45.2 Å². The lowest BCUT2D eigenvalue weighted by molar-refractivity contribution is -0.131. The first-order chi connectivity index (χ1) is 13.0. The Morgan fingerprint density at radius 1 is 1.07 bits per heavy atom. The Bertz CT molecular complexity index is 790. The van der Waals surface area contributed by atoms with Crippen LogP contribution >= 0.6 is 27.5 Å². The quantitative estimate of drug-likeness (QED) is 0.759. The van der Waals surface area contributed by atoms with Gasteiger partial charge in [0, 0.05) is 55.4 Å². The summed E-state index contributed by atoms with van der Waals surface area (Å²) in [6.45, 7) is 3.07. The molecule has 0 bridgehead atoms. The van der Waals surface area contributed by atoms with Gasteiger partial charge in [0.25, 0.3) is 5.91 Å². The third-order valence-corrected chi connectivity index (χ3v) is 5.15. The minimum Gasteiger partial charge on any atom is -0.353 e. The molecule has 2 amide bonds. The zero-order chi connectivity index (χ0) is 19.2. The topological polar surface area (TPSA) is 65.5 Å². The summed E-state index contributed by atoms with van der Waals surface area (Å²) < 4.78 is 0.919. The number of hydrogen-bond donors (Lipinski definition) is 1. The molecule has 1 N–H and O–H groups in total. The van der Waals surface area contributed by atoms with Gasteiger partial charge in [-0.1, -0.05) is 27.5 Å². The van der Waals surface area contributed by atoms with Gasteiger partial charge in [0.15, 0.2) is 0 Å². The fourth-order valence-electron chi connectivity index (χ4n) is 2.88. The zero-order valence-electron chi connectivity index (χ0n) is 14.7. The number of halogens is 2. The summed E-state index contributed by atoms with van der Waals surface area (Å²) in [5.74, 6) is 0.747. The lowest BCUT2D eigenvalue weighted by Gasteiger charge is -2.35. The van der Waals surface area contributed by atoms with Gasteiger partial charge in [0.2, 0.25) is 5.91 Å². The molecule has 6 nitrogen and oxygen atoms in total. The number of piperazine rings is 1. The second-order valence-corrected chi connectivity index (χ2v) is 7.57. The largest absolute Gasteiger partial charge is 0.353 e. The van der Waals surface area contributed by atoms with Crippen LogP contribution in [0.2, 0.25) is 5.02 Å². The molecule has 2 aromatic rings. The highest BCUT2D eigenvalue weighted by atomic mass is 79.9. The average Bonchev–Trinajstić information content (AvgIpc) is 2.69. The number of carbonyl (C=O) groups excluding carboxylic acids is 2. The Morgan fingerprint density at radius 3 is 2.41 bits per heavy atom. The van der Waals surface area contributed by atoms with E-state index in [1.165, 1.54) is 0 Å². The summed E-state index contributed by atoms with van der Waals surface area (Å²) in [4.78, 5) is 32.7. The molecule has 0 unspecified atom stereocenters. The fourth-order valence-corrected chi connectivity index (χ4v) is 3.26. The van der Waals surface area contributed by atoms with Crippen LogP contribution in [0.4, 0.5) is 5.82 Å². The molecule has 1 aliphatic heterocycles. The minimum absolute atomic E-state index is 0.0508. The molecule has 1 saturated heterocycles. The molecule has 1 aliphatic rings. The molecular weight excluding hydrogens is 432 g/mol. The molecule has 1 aromatic carbocycles. The number of aromatic nitrogens is 1. The number of benzene rings is 1. The SMILES string of the molecule is O=C(NCCC(=O)N1CCN(c2ccc(Cl)cn2)CC1)c1ccc(Br)cc1. The summed E-state index contributed by atoms with van der Waals surface area (Å²) in [5.41, 5.74) is 0.578. The smallest absolute Gasteiger partial charge is 0.251 e. The standard InChI is InChI=1S/C19H20BrClN4O2/c20-15-3-1-14(2-4-15)19(27)22-8-7-18(26)25-11-9-24(10-12-25)17-6-5-16(21)13-23-17/h1-6,13H,7-12H2,(H,22,27). The van der Waals surface area contributed by atoms with Crippen LogP contribution in [0.25, 0.3) is 0 Å². The van der Waals surface area contributed by atoms with Gasteiger partial charge in [-0.05, 0) is 36.4 Å². The first-order valence-corrected chi connectivity index (χ1v) is 9.88. The third kappa shape index (κ3) is 5.43. The van der Waals surface area contributed by atoms with Gasteiger partial charge in [-0.15, -0.1) is 0 Å². The van der Waals surface area contributed by atoms with Crippen molar-refractivity contribution in [3.63, 3.8) is 0 Å². The summed E-state index contributed by atoms with van der Waals surface area (Å²) in [6.07, 6.45) is 1.92. The molecule has 1 aromatic heterocycles. The molecule has 3 rings (SSSR count). The van der Waals surface area contributed by atoms with E-state index in [9.17, 15) is 9.59 Å². The second kappa shape index (κ2) is 9.19. The first kappa shape index (κ1) is 19.6. The van der Waals surface area contributed by atoms with Gasteiger partial charge >= 0.3 is 0 Å². The molecule has 0 aliphatic carbocycles. The number of rotatable bonds is 5. The number of nitrogens with one attached hydrogen (secondary N) is 1. The van der Waals surface area contributed by atoms with Crippen LogP contribution in [0.15, 0.2) is 47.1 Å². The van der Waals surface area contributed by atoms with Crippen molar-refractivity contribution in [1.29, 1.82) is 0 Å². The van der Waals surface area contributed by atoms with Crippen LogP contribution < -0.4 is 10.2 Å². The van der Waals surface area contributed by atoms with E-state index >= 15 is 0 Å². The van der Waals surface area contributed by atoms with Gasteiger partial charge < -0.3 is 15.1 Å². The number of pyridine rings is 1. The third-order valence-electron chi connectivity index (χ3n) is 4.40. The first-order valence-electron chi connectivity index (χ1n) is 8.71. The van der Waals surface area contributed by atoms with Gasteiger partial charge in [-0.2, -0.15) is 0 Å². The highest BCUT2D eigenvalue weighted by Crippen LogP contribution is 2.16. The van der Waals surface area contributed by atoms with Crippen LogP contribution in [-0.4, -0.2) is 54.4 Å². The normalized spacial score (nSPS) is 14.1. The van der Waals surface area contributed by atoms with E-state index in [1.54, 1.807) is 18.3 Å². The van der Waals surface area contributed by atoms with Crippen molar-refractivity contribution < 1.29 is 9.59 Å². The monoisotopic (exact) mass is 450 g/mol. The van der Waals surface area contributed by atoms with Crippen molar-refractivity contribution in [2.75, 3.05) is 37.6 Å². The van der Waals surface area contributed by atoms with E-state index in [0.29, 0.717) is 36.6 Å². The van der Waals surface area contributed by atoms with E-state index in [4.69, 9.17) is 11.6 Å². The Morgan fingerprint density at radius 2 is 1.78 bits per heavy atom. The lowest BCUT2D eigenvalue weighted by atomic mass is 10.2. The molecule has 8 heteroatoms. The number of amides is 2. The van der Waals surface area contributed by atoms with Gasteiger partial charge in [-0.25, -0.2) is 4.98 Å². The molecule has 0 saturated carbocycles. The molecular formula is C19H20BrClN4O2. The number of carbonyl (C=O) groups is 2. The maximum Gasteiger partial charge on any atom is 0.251 e. The van der Waals surface area contributed by atoms with Crippen LogP contribution in [-0.2, 0) is 4.79 Å². The minimum atomic E-state index is -0.172. The van der Waals surface area contributed by atoms with Crippen molar-refractivity contribution in [2.24, 2.45) is 0 Å². The average molecular weight is 452 g/mol. The predicted molar refractivity (Wildman–Crippen MR) is 109 cm³/mol. The predicted octanol–water partition coefficient (Wildman–Crippen LogP) is 2.97. The summed E-state index contributed by atoms with van der Waals surface area (Å²) in [6, 6.07) is 10.8. The highest BCUT2D eigenvalue weighted by Gasteiger charge is 2.21. The van der Waals surface area contributed by atoms with Crippen LogP contribution in [0.5, 0.6) is 0 Å². The van der Waals surface area contributed by atoms with E-state index < -0.39 is 0 Å². The Balaban J connectivity index is 1.41. The molecule has 0 radical (unpaired) electrons. The van der Waals surface area contributed by atoms with E-state index in [0.717, 1.165) is 23.4 Å². The van der Waals surface area contributed by atoms with Crippen molar-refractivity contribution in [3.8, 4) is 0 Å². The van der Waals surface area contributed by atoms with E-state index in [2.05, 4.69) is 31.1 Å². The van der Waals surface area contributed by atoms with Crippen molar-refractivity contribution in [3.05, 3.63) is 57.7 Å². The molecule has 2 heterocycles. The van der Waals surface area contributed by atoms with Crippen LogP contribution in [0.1, 0.15) is 16.8 Å². The highest BCUT2D eigenvalue weighted by molar-refractivity contribution is 9.10.